The summed E-state index contributed by atoms with van der Waals surface area (Å²) in [6, 6.07) is -0.182. The molecule has 2 aliphatic rings. The van der Waals surface area contributed by atoms with E-state index in [1.165, 1.54) is 12.8 Å². The van der Waals surface area contributed by atoms with Gasteiger partial charge in [-0.3, -0.25) is 4.79 Å². The van der Waals surface area contributed by atoms with Gasteiger partial charge in [-0.1, -0.05) is 6.08 Å². The molecule has 1 saturated carbocycles. The Hall–Kier alpha value is -0.590. The van der Waals surface area contributed by atoms with E-state index in [-0.39, 0.29) is 35.9 Å². The summed E-state index contributed by atoms with van der Waals surface area (Å²) in [5.74, 6) is 0.985. The van der Waals surface area contributed by atoms with E-state index in [9.17, 15) is 13.2 Å². The van der Waals surface area contributed by atoms with Crippen LogP contribution in [0.4, 0.5) is 0 Å². The van der Waals surface area contributed by atoms with E-state index in [1.54, 1.807) is 11.0 Å². The molecule has 1 unspecified atom stereocenters. The van der Waals surface area contributed by atoms with Crippen LogP contribution in [0.1, 0.15) is 19.3 Å². The Morgan fingerprint density at radius 3 is 2.55 bits per heavy atom. The fraction of sp³-hybridized carbons (Fsp3) is 0.769. The highest BCUT2D eigenvalue weighted by Crippen LogP contribution is 2.27. The normalized spacial score (nSPS) is 23.9. The van der Waals surface area contributed by atoms with Gasteiger partial charge in [0.1, 0.15) is 0 Å². The van der Waals surface area contributed by atoms with Gasteiger partial charge in [-0.15, -0.1) is 19.0 Å². The zero-order valence-electron chi connectivity index (χ0n) is 11.6. The predicted octanol–water partition coefficient (Wildman–Crippen LogP) is 0.609. The Labute approximate surface area is 127 Å². The largest absolute Gasteiger partial charge is 0.334 e. The van der Waals surface area contributed by atoms with Crippen molar-refractivity contribution < 1.29 is 13.2 Å². The third kappa shape index (κ3) is 5.07. The molecule has 5 nitrogen and oxygen atoms in total. The minimum atomic E-state index is -2.96. The van der Waals surface area contributed by atoms with E-state index in [1.807, 2.05) is 0 Å². The Bertz CT molecular complexity index is 449. The molecule has 1 amide bonds. The van der Waals surface area contributed by atoms with E-state index in [2.05, 4.69) is 11.9 Å². The molecular formula is C13H23ClN2O3S. The number of rotatable bonds is 7. The van der Waals surface area contributed by atoms with Crippen molar-refractivity contribution in [3.05, 3.63) is 12.7 Å². The Morgan fingerprint density at radius 1 is 1.35 bits per heavy atom. The first-order valence-electron chi connectivity index (χ1n) is 6.83. The van der Waals surface area contributed by atoms with Gasteiger partial charge in [0.05, 0.1) is 18.1 Å². The molecule has 0 aromatic heterocycles. The van der Waals surface area contributed by atoms with E-state index in [4.69, 9.17) is 0 Å². The van der Waals surface area contributed by atoms with Gasteiger partial charge >= 0.3 is 0 Å². The molecule has 0 spiro atoms. The van der Waals surface area contributed by atoms with Crippen LogP contribution in [0.5, 0.6) is 0 Å². The van der Waals surface area contributed by atoms with E-state index in [0.29, 0.717) is 19.5 Å². The SMILES string of the molecule is C=CCN(C(=O)CNCC1CC1)C1CCS(=O)(=O)C1.Cl. The lowest BCUT2D eigenvalue weighted by atomic mass is 10.2. The Balaban J connectivity index is 0.00000200. The Morgan fingerprint density at radius 2 is 2.05 bits per heavy atom. The van der Waals surface area contributed by atoms with Crippen LogP contribution in [0.3, 0.4) is 0 Å². The molecule has 1 aliphatic heterocycles. The second-order valence-electron chi connectivity index (χ2n) is 5.47. The van der Waals surface area contributed by atoms with E-state index >= 15 is 0 Å². The number of sulfone groups is 1. The number of hydrogen-bond acceptors (Lipinski definition) is 4. The van der Waals surface area contributed by atoms with Gasteiger partial charge in [0.25, 0.3) is 0 Å². The summed E-state index contributed by atoms with van der Waals surface area (Å²) >= 11 is 0. The third-order valence-electron chi connectivity index (χ3n) is 3.70. The number of carbonyl (C=O) groups is 1. The van der Waals surface area contributed by atoms with Crippen molar-refractivity contribution in [3.8, 4) is 0 Å². The summed E-state index contributed by atoms with van der Waals surface area (Å²) < 4.78 is 23.0. The van der Waals surface area contributed by atoms with Crippen LogP contribution < -0.4 is 5.32 Å². The van der Waals surface area contributed by atoms with Gasteiger partial charge in [0, 0.05) is 12.6 Å². The second-order valence-corrected chi connectivity index (χ2v) is 7.69. The molecule has 0 radical (unpaired) electrons. The third-order valence-corrected chi connectivity index (χ3v) is 5.45. The van der Waals surface area contributed by atoms with Crippen LogP contribution in [0.15, 0.2) is 12.7 Å². The molecular weight excluding hydrogens is 300 g/mol. The summed E-state index contributed by atoms with van der Waals surface area (Å²) in [6.07, 6.45) is 4.70. The number of carbonyl (C=O) groups excluding carboxylic acids is 1. The molecule has 0 aromatic carbocycles. The van der Waals surface area contributed by atoms with Crippen molar-refractivity contribution in [2.45, 2.75) is 25.3 Å². The van der Waals surface area contributed by atoms with Crippen LogP contribution >= 0.6 is 12.4 Å². The van der Waals surface area contributed by atoms with E-state index in [0.717, 1.165) is 12.5 Å². The Kier molecular flexibility index (Phi) is 6.48. The maximum absolute atomic E-state index is 12.2. The quantitative estimate of drug-likeness (QED) is 0.697. The molecule has 0 aromatic rings. The van der Waals surface area contributed by atoms with Gasteiger partial charge in [-0.2, -0.15) is 0 Å². The van der Waals surface area contributed by atoms with Crippen molar-refractivity contribution in [3.63, 3.8) is 0 Å². The number of nitrogens with zero attached hydrogens (tertiary/aromatic N) is 1. The molecule has 0 bridgehead atoms. The molecule has 2 fully saturated rings. The molecule has 7 heteroatoms. The van der Waals surface area contributed by atoms with Crippen molar-refractivity contribution in [1.29, 1.82) is 0 Å². The van der Waals surface area contributed by atoms with Crippen LogP contribution in [-0.4, -0.2) is 56.4 Å². The summed E-state index contributed by atoms with van der Waals surface area (Å²) in [4.78, 5) is 13.8. The number of amides is 1. The van der Waals surface area contributed by atoms with Gasteiger partial charge in [0.2, 0.25) is 5.91 Å². The van der Waals surface area contributed by atoms with Crippen molar-refractivity contribution in [2.24, 2.45) is 5.92 Å². The maximum atomic E-state index is 12.2. The summed E-state index contributed by atoms with van der Waals surface area (Å²) in [6.45, 7) is 5.24. The molecule has 2 rings (SSSR count). The van der Waals surface area contributed by atoms with Gasteiger partial charge in [-0.25, -0.2) is 8.42 Å². The summed E-state index contributed by atoms with van der Waals surface area (Å²) in [5, 5.41) is 3.16. The standard InChI is InChI=1S/C13H22N2O3S.ClH/c1-2-6-15(12-5-7-19(17,18)10-12)13(16)9-14-8-11-3-4-11;/h2,11-12,14H,1,3-10H2;1H. The lowest BCUT2D eigenvalue weighted by molar-refractivity contribution is -0.131. The highest BCUT2D eigenvalue weighted by atomic mass is 35.5. The van der Waals surface area contributed by atoms with Crippen LogP contribution in [0.25, 0.3) is 0 Å². The van der Waals surface area contributed by atoms with Crippen LogP contribution in [0.2, 0.25) is 0 Å². The topological polar surface area (TPSA) is 66.5 Å². The van der Waals surface area contributed by atoms with Crippen LogP contribution in [-0.2, 0) is 14.6 Å². The molecule has 1 saturated heterocycles. The molecule has 1 N–H and O–H groups in total. The fourth-order valence-corrected chi connectivity index (χ4v) is 4.15. The molecule has 1 aliphatic carbocycles. The first-order valence-corrected chi connectivity index (χ1v) is 8.65. The average Bonchev–Trinajstić information content (AvgIpc) is 3.09. The summed E-state index contributed by atoms with van der Waals surface area (Å²) in [5.41, 5.74) is 0. The molecule has 1 heterocycles. The van der Waals surface area contributed by atoms with Crippen molar-refractivity contribution in [1.82, 2.24) is 10.2 Å². The lowest BCUT2D eigenvalue weighted by Gasteiger charge is -2.27. The highest BCUT2D eigenvalue weighted by Gasteiger charge is 2.34. The average molecular weight is 323 g/mol. The zero-order valence-corrected chi connectivity index (χ0v) is 13.2. The minimum Gasteiger partial charge on any atom is -0.334 e. The number of halogens is 1. The lowest BCUT2D eigenvalue weighted by Crippen LogP contribution is -2.45. The van der Waals surface area contributed by atoms with Gasteiger partial charge in [0.15, 0.2) is 9.84 Å². The van der Waals surface area contributed by atoms with Crippen molar-refractivity contribution in [2.75, 3.05) is 31.1 Å². The first kappa shape index (κ1) is 17.5. The summed E-state index contributed by atoms with van der Waals surface area (Å²) in [7, 11) is -2.96. The molecule has 116 valence electrons. The number of nitrogens with one attached hydrogen (secondary N) is 1. The molecule has 20 heavy (non-hydrogen) atoms. The highest BCUT2D eigenvalue weighted by molar-refractivity contribution is 7.91. The van der Waals surface area contributed by atoms with Gasteiger partial charge < -0.3 is 10.2 Å². The van der Waals surface area contributed by atoms with Crippen LogP contribution in [0, 0.1) is 5.92 Å². The predicted molar refractivity (Wildman–Crippen MR) is 81.8 cm³/mol. The fourth-order valence-electron chi connectivity index (χ4n) is 2.42. The maximum Gasteiger partial charge on any atom is 0.237 e. The minimum absolute atomic E-state index is 0. The van der Waals surface area contributed by atoms with Gasteiger partial charge in [-0.05, 0) is 31.7 Å². The molecule has 1 atom stereocenters. The smallest absolute Gasteiger partial charge is 0.237 e. The number of hydrogen-bond donors (Lipinski definition) is 1. The second kappa shape index (κ2) is 7.43. The first-order chi connectivity index (χ1) is 9.02. The van der Waals surface area contributed by atoms with Crippen molar-refractivity contribution >= 4 is 28.2 Å². The zero-order chi connectivity index (χ0) is 13.9. The monoisotopic (exact) mass is 322 g/mol. The van der Waals surface area contributed by atoms with E-state index < -0.39 is 9.84 Å².